The minimum absolute atomic E-state index is 0.0711. The Labute approximate surface area is 142 Å². The van der Waals surface area contributed by atoms with Gasteiger partial charge in [0.1, 0.15) is 6.04 Å². The van der Waals surface area contributed by atoms with Gasteiger partial charge in [-0.2, -0.15) is 10.1 Å². The summed E-state index contributed by atoms with van der Waals surface area (Å²) in [6.45, 7) is 2.85. The van der Waals surface area contributed by atoms with Gasteiger partial charge in [0.25, 0.3) is 0 Å². The van der Waals surface area contributed by atoms with Crippen molar-refractivity contribution in [2.45, 2.75) is 57.9 Å². The Bertz CT molecular complexity index is 678. The van der Waals surface area contributed by atoms with E-state index >= 15 is 0 Å². The highest BCUT2D eigenvalue weighted by Gasteiger charge is 2.31. The van der Waals surface area contributed by atoms with E-state index < -0.39 is 0 Å². The lowest BCUT2D eigenvalue weighted by Crippen LogP contribution is -2.38. The molecular weight excluding hydrogens is 306 g/mol. The maximum Gasteiger partial charge on any atom is 0.249 e. The van der Waals surface area contributed by atoms with Crippen LogP contribution in [-0.4, -0.2) is 37.3 Å². The van der Waals surface area contributed by atoms with E-state index in [1.54, 1.807) is 4.68 Å². The van der Waals surface area contributed by atoms with Crippen LogP contribution in [0, 0.1) is 0 Å². The van der Waals surface area contributed by atoms with Gasteiger partial charge in [0.2, 0.25) is 11.8 Å². The lowest BCUT2D eigenvalue weighted by atomic mass is 10.0. The molecule has 1 amide bonds. The van der Waals surface area contributed by atoms with Gasteiger partial charge in [0.05, 0.1) is 6.20 Å². The molecule has 0 aliphatic carbocycles. The second-order valence-electron chi connectivity index (χ2n) is 6.42. The molecule has 0 saturated carbocycles. The number of rotatable bonds is 6. The van der Waals surface area contributed by atoms with E-state index in [0.29, 0.717) is 18.7 Å². The Kier molecular flexibility index (Phi) is 5.27. The fourth-order valence-corrected chi connectivity index (χ4v) is 3.21. The van der Waals surface area contributed by atoms with Crippen molar-refractivity contribution in [3.05, 3.63) is 29.7 Å². The molecule has 0 N–H and O–H groups in total. The molecule has 0 unspecified atom stereocenters. The Morgan fingerprint density at radius 3 is 3.00 bits per heavy atom. The van der Waals surface area contributed by atoms with Crippen molar-refractivity contribution >= 4 is 5.91 Å². The molecule has 2 aromatic heterocycles. The highest BCUT2D eigenvalue weighted by molar-refractivity contribution is 5.77. The zero-order chi connectivity index (χ0) is 16.9. The molecule has 7 heteroatoms. The third-order valence-electron chi connectivity index (χ3n) is 4.45. The third kappa shape index (κ3) is 3.83. The molecule has 0 aromatic carbocycles. The normalized spacial score (nSPS) is 18.1. The minimum Gasteiger partial charge on any atom is -0.337 e. The summed E-state index contributed by atoms with van der Waals surface area (Å²) in [4.78, 5) is 19.1. The summed E-state index contributed by atoms with van der Waals surface area (Å²) in [5, 5.41) is 8.18. The largest absolute Gasteiger partial charge is 0.337 e. The Morgan fingerprint density at radius 1 is 1.38 bits per heavy atom. The molecule has 1 aliphatic heterocycles. The van der Waals surface area contributed by atoms with Gasteiger partial charge in [-0.15, -0.1) is 0 Å². The van der Waals surface area contributed by atoms with Crippen LogP contribution in [0.2, 0.25) is 0 Å². The minimum atomic E-state index is -0.0711. The number of aromatic nitrogens is 4. The monoisotopic (exact) mass is 331 g/mol. The standard InChI is InChI=1S/C17H25N5O2/c1-3-6-15-19-17(24-20-15)14-7-4-5-10-22(14)16(23)9-8-13-11-18-21(2)12-13/h11-12,14H,3-10H2,1-2H3/t14-/m0/s1. The molecular formula is C17H25N5O2. The first-order valence-corrected chi connectivity index (χ1v) is 8.77. The van der Waals surface area contributed by atoms with Gasteiger partial charge in [-0.1, -0.05) is 12.1 Å². The van der Waals surface area contributed by atoms with Crippen molar-refractivity contribution < 1.29 is 9.32 Å². The van der Waals surface area contributed by atoms with Crippen LogP contribution < -0.4 is 0 Å². The topological polar surface area (TPSA) is 77.0 Å². The number of carbonyl (C=O) groups excluding carboxylic acids is 1. The highest BCUT2D eigenvalue weighted by Crippen LogP contribution is 2.30. The maximum atomic E-state index is 12.7. The van der Waals surface area contributed by atoms with Crippen molar-refractivity contribution in [2.75, 3.05) is 6.54 Å². The van der Waals surface area contributed by atoms with Gasteiger partial charge >= 0.3 is 0 Å². The molecule has 1 saturated heterocycles. The molecule has 0 radical (unpaired) electrons. The van der Waals surface area contributed by atoms with E-state index in [2.05, 4.69) is 22.2 Å². The summed E-state index contributed by atoms with van der Waals surface area (Å²) in [5.41, 5.74) is 1.09. The Balaban J connectivity index is 1.65. The van der Waals surface area contributed by atoms with Crippen LogP contribution in [0.15, 0.2) is 16.9 Å². The van der Waals surface area contributed by atoms with Crippen molar-refractivity contribution in [1.82, 2.24) is 24.8 Å². The summed E-state index contributed by atoms with van der Waals surface area (Å²) < 4.78 is 7.20. The van der Waals surface area contributed by atoms with Crippen LogP contribution in [0.4, 0.5) is 0 Å². The first kappa shape index (κ1) is 16.7. The molecule has 2 aromatic rings. The van der Waals surface area contributed by atoms with E-state index in [1.807, 2.05) is 24.3 Å². The summed E-state index contributed by atoms with van der Waals surface area (Å²) in [6, 6.07) is -0.0711. The average Bonchev–Trinajstić information content (AvgIpc) is 3.22. The summed E-state index contributed by atoms with van der Waals surface area (Å²) >= 11 is 0. The van der Waals surface area contributed by atoms with Gasteiger partial charge in [-0.25, -0.2) is 0 Å². The molecule has 130 valence electrons. The lowest BCUT2D eigenvalue weighted by Gasteiger charge is -2.33. The van der Waals surface area contributed by atoms with Crippen LogP contribution >= 0.6 is 0 Å². The fourth-order valence-electron chi connectivity index (χ4n) is 3.21. The van der Waals surface area contributed by atoms with Gasteiger partial charge in [-0.3, -0.25) is 9.48 Å². The van der Waals surface area contributed by atoms with Gasteiger partial charge in [0.15, 0.2) is 5.82 Å². The fraction of sp³-hybridized carbons (Fsp3) is 0.647. The second kappa shape index (κ2) is 7.59. The Hall–Kier alpha value is -2.18. The molecule has 1 fully saturated rings. The van der Waals surface area contributed by atoms with Crippen molar-refractivity contribution in [1.29, 1.82) is 0 Å². The van der Waals surface area contributed by atoms with Gasteiger partial charge in [-0.05, 0) is 37.7 Å². The third-order valence-corrected chi connectivity index (χ3v) is 4.45. The molecule has 3 heterocycles. The lowest BCUT2D eigenvalue weighted by molar-refractivity contribution is -0.135. The molecule has 0 spiro atoms. The smallest absolute Gasteiger partial charge is 0.249 e. The van der Waals surface area contributed by atoms with E-state index in [4.69, 9.17) is 4.52 Å². The van der Waals surface area contributed by atoms with Crippen molar-refractivity contribution in [2.24, 2.45) is 7.05 Å². The van der Waals surface area contributed by atoms with E-state index in [9.17, 15) is 4.79 Å². The van der Waals surface area contributed by atoms with Crippen molar-refractivity contribution in [3.8, 4) is 0 Å². The molecule has 3 rings (SSSR count). The number of likely N-dealkylation sites (tertiary alicyclic amines) is 1. The number of piperidine rings is 1. The van der Waals surface area contributed by atoms with Gasteiger partial charge < -0.3 is 9.42 Å². The van der Waals surface area contributed by atoms with Crippen LogP contribution in [0.5, 0.6) is 0 Å². The number of hydrogen-bond acceptors (Lipinski definition) is 5. The van der Waals surface area contributed by atoms with Crippen LogP contribution in [0.3, 0.4) is 0 Å². The van der Waals surface area contributed by atoms with E-state index in [1.165, 1.54) is 0 Å². The molecule has 1 atom stereocenters. The number of amides is 1. The zero-order valence-electron chi connectivity index (χ0n) is 14.4. The molecule has 7 nitrogen and oxygen atoms in total. The van der Waals surface area contributed by atoms with Crippen LogP contribution in [0.25, 0.3) is 0 Å². The van der Waals surface area contributed by atoms with Crippen LogP contribution in [-0.2, 0) is 24.7 Å². The van der Waals surface area contributed by atoms with Crippen molar-refractivity contribution in [3.63, 3.8) is 0 Å². The average molecular weight is 331 g/mol. The zero-order valence-corrected chi connectivity index (χ0v) is 14.4. The predicted octanol–water partition coefficient (Wildman–Crippen LogP) is 2.44. The van der Waals surface area contributed by atoms with Crippen LogP contribution in [0.1, 0.15) is 62.3 Å². The number of carbonyl (C=O) groups is 1. The quantitative estimate of drug-likeness (QED) is 0.812. The Morgan fingerprint density at radius 2 is 2.25 bits per heavy atom. The number of hydrogen-bond donors (Lipinski definition) is 0. The SMILES string of the molecule is CCCc1noc([C@@H]2CCCCN2C(=O)CCc2cnn(C)c2)n1. The summed E-state index contributed by atoms with van der Waals surface area (Å²) in [7, 11) is 1.88. The predicted molar refractivity (Wildman–Crippen MR) is 88.1 cm³/mol. The summed E-state index contributed by atoms with van der Waals surface area (Å²) in [6.07, 6.45) is 9.77. The first-order valence-electron chi connectivity index (χ1n) is 8.77. The maximum absolute atomic E-state index is 12.7. The molecule has 24 heavy (non-hydrogen) atoms. The van der Waals surface area contributed by atoms with E-state index in [-0.39, 0.29) is 11.9 Å². The van der Waals surface area contributed by atoms with E-state index in [0.717, 1.165) is 50.0 Å². The highest BCUT2D eigenvalue weighted by atomic mass is 16.5. The first-order chi connectivity index (χ1) is 11.7. The second-order valence-corrected chi connectivity index (χ2v) is 6.42. The number of aryl methyl sites for hydroxylation is 3. The molecule has 1 aliphatic rings. The van der Waals surface area contributed by atoms with Gasteiger partial charge in [0, 0.05) is 32.6 Å². The molecule has 0 bridgehead atoms. The summed E-state index contributed by atoms with van der Waals surface area (Å²) in [5.74, 6) is 1.48. The number of nitrogens with zero attached hydrogens (tertiary/aromatic N) is 5.